The van der Waals surface area contributed by atoms with E-state index in [9.17, 15) is 9.59 Å². The molecule has 0 fully saturated rings. The molecule has 1 aromatic carbocycles. The molecule has 0 aliphatic heterocycles. The second-order valence-corrected chi connectivity index (χ2v) is 3.58. The average Bonchev–Trinajstić information content (AvgIpc) is 2.34. The second-order valence-electron chi connectivity index (χ2n) is 3.58. The van der Waals surface area contributed by atoms with Crippen LogP contribution in [0.5, 0.6) is 0 Å². The van der Waals surface area contributed by atoms with Crippen LogP contribution in [0.3, 0.4) is 0 Å². The van der Waals surface area contributed by atoms with Crippen LogP contribution in [0, 0.1) is 0 Å². The molecule has 17 heavy (non-hydrogen) atoms. The molecule has 1 amide bonds. The van der Waals surface area contributed by atoms with Crippen molar-refractivity contribution in [3.8, 4) is 0 Å². The van der Waals surface area contributed by atoms with Gasteiger partial charge in [0.25, 0.3) is 5.91 Å². The van der Waals surface area contributed by atoms with Gasteiger partial charge in [-0.2, -0.15) is 5.48 Å². The summed E-state index contributed by atoms with van der Waals surface area (Å²) in [6.45, 7) is 3.15. The van der Waals surface area contributed by atoms with Crippen molar-refractivity contribution >= 4 is 17.4 Å². The Bertz CT molecular complexity index is 424. The first-order valence-electron chi connectivity index (χ1n) is 5.28. The normalized spacial score (nSPS) is 10.8. The van der Waals surface area contributed by atoms with Crippen LogP contribution in [0.25, 0.3) is 5.57 Å². The van der Waals surface area contributed by atoms with Gasteiger partial charge in [-0.25, -0.2) is 0 Å². The minimum absolute atomic E-state index is 0.175. The van der Waals surface area contributed by atoms with Crippen LogP contribution in [-0.4, -0.2) is 11.9 Å². The Kier molecular flexibility index (Phi) is 4.94. The van der Waals surface area contributed by atoms with Crippen molar-refractivity contribution in [2.24, 2.45) is 0 Å². The largest absolute Gasteiger partial charge is 0.341 e. The molecule has 0 aliphatic carbocycles. The highest BCUT2D eigenvalue weighted by Crippen LogP contribution is 2.13. The van der Waals surface area contributed by atoms with E-state index in [4.69, 9.17) is 0 Å². The van der Waals surface area contributed by atoms with Gasteiger partial charge >= 0.3 is 5.97 Å². The summed E-state index contributed by atoms with van der Waals surface area (Å²) in [5.74, 6) is -0.891. The topological polar surface area (TPSA) is 55.4 Å². The summed E-state index contributed by atoms with van der Waals surface area (Å²) in [4.78, 5) is 26.1. The van der Waals surface area contributed by atoms with Crippen molar-refractivity contribution in [1.82, 2.24) is 5.48 Å². The van der Waals surface area contributed by atoms with Crippen molar-refractivity contribution in [2.75, 3.05) is 0 Å². The third-order valence-corrected chi connectivity index (χ3v) is 2.13. The van der Waals surface area contributed by atoms with Crippen LogP contribution >= 0.6 is 0 Å². The molecule has 0 spiro atoms. The molecule has 1 aromatic rings. The van der Waals surface area contributed by atoms with Crippen LogP contribution in [0.15, 0.2) is 36.4 Å². The highest BCUT2D eigenvalue weighted by atomic mass is 16.7. The maximum atomic E-state index is 11.3. The van der Waals surface area contributed by atoms with Gasteiger partial charge in [0.2, 0.25) is 0 Å². The second kappa shape index (κ2) is 6.48. The Morgan fingerprint density at radius 3 is 2.47 bits per heavy atom. The molecule has 1 rings (SSSR count). The molecule has 0 heterocycles. The van der Waals surface area contributed by atoms with E-state index in [0.29, 0.717) is 0 Å². The molecule has 0 aliphatic rings. The fourth-order valence-electron chi connectivity index (χ4n) is 1.24. The van der Waals surface area contributed by atoms with E-state index in [0.717, 1.165) is 11.1 Å². The molecule has 0 aromatic heterocycles. The standard InChI is InChI=1S/C13H15NO3/c1-10(12-6-4-3-5-7-12)8-9-13(16)14-17-11(2)15/h3-8H,9H2,1-2H3,(H,14,16)/b10-8+. The Labute approximate surface area is 100 Å². The first-order chi connectivity index (χ1) is 8.09. The molecule has 4 heteroatoms. The first kappa shape index (κ1) is 13.0. The number of hydrogen-bond donors (Lipinski definition) is 1. The van der Waals surface area contributed by atoms with Crippen LogP contribution in [-0.2, 0) is 14.4 Å². The van der Waals surface area contributed by atoms with Gasteiger partial charge in [0.05, 0.1) is 0 Å². The van der Waals surface area contributed by atoms with E-state index in [2.05, 4.69) is 10.3 Å². The fourth-order valence-corrected chi connectivity index (χ4v) is 1.24. The van der Waals surface area contributed by atoms with Crippen molar-refractivity contribution in [1.29, 1.82) is 0 Å². The molecule has 0 bridgehead atoms. The number of nitrogens with one attached hydrogen (secondary N) is 1. The molecule has 1 N–H and O–H groups in total. The third-order valence-electron chi connectivity index (χ3n) is 2.13. The summed E-state index contributed by atoms with van der Waals surface area (Å²) < 4.78 is 0. The SMILES string of the molecule is CC(=O)ONC(=O)C/C=C(\C)c1ccccc1. The quantitative estimate of drug-likeness (QED) is 0.813. The Morgan fingerprint density at radius 1 is 1.24 bits per heavy atom. The van der Waals surface area contributed by atoms with E-state index in [1.165, 1.54) is 6.92 Å². The molecular weight excluding hydrogens is 218 g/mol. The molecule has 0 radical (unpaired) electrons. The van der Waals surface area contributed by atoms with E-state index in [1.807, 2.05) is 37.3 Å². The first-order valence-corrected chi connectivity index (χ1v) is 5.28. The van der Waals surface area contributed by atoms with Gasteiger partial charge in [-0.1, -0.05) is 36.4 Å². The van der Waals surface area contributed by atoms with Crippen LogP contribution in [0.4, 0.5) is 0 Å². The van der Waals surface area contributed by atoms with Gasteiger partial charge < -0.3 is 4.84 Å². The molecule has 90 valence electrons. The number of hydroxylamine groups is 1. The Hall–Kier alpha value is -2.10. The number of carbonyl (C=O) groups is 2. The molecule has 0 saturated heterocycles. The monoisotopic (exact) mass is 233 g/mol. The summed E-state index contributed by atoms with van der Waals surface area (Å²) in [6, 6.07) is 9.74. The summed E-state index contributed by atoms with van der Waals surface area (Å²) >= 11 is 0. The lowest BCUT2D eigenvalue weighted by molar-refractivity contribution is -0.155. The van der Waals surface area contributed by atoms with Gasteiger partial charge in [-0.3, -0.25) is 9.59 Å². The summed E-state index contributed by atoms with van der Waals surface area (Å²) in [5, 5.41) is 0. The third kappa shape index (κ3) is 4.97. The van der Waals surface area contributed by atoms with Gasteiger partial charge in [0.15, 0.2) is 0 Å². The molecule has 0 saturated carbocycles. The fraction of sp³-hybridized carbons (Fsp3) is 0.231. The molecular formula is C13H15NO3. The maximum Gasteiger partial charge on any atom is 0.329 e. The van der Waals surface area contributed by atoms with Crippen molar-refractivity contribution in [3.05, 3.63) is 42.0 Å². The predicted molar refractivity (Wildman–Crippen MR) is 64.6 cm³/mol. The molecule has 4 nitrogen and oxygen atoms in total. The molecule has 0 unspecified atom stereocenters. The van der Waals surface area contributed by atoms with Crippen molar-refractivity contribution in [3.63, 3.8) is 0 Å². The van der Waals surface area contributed by atoms with Crippen molar-refractivity contribution < 1.29 is 14.4 Å². The van der Waals surface area contributed by atoms with E-state index in [-0.39, 0.29) is 12.3 Å². The van der Waals surface area contributed by atoms with Gasteiger partial charge in [-0.15, -0.1) is 0 Å². The summed E-state index contributed by atoms with van der Waals surface area (Å²) in [6.07, 6.45) is 1.96. The number of carbonyl (C=O) groups excluding carboxylic acids is 2. The Balaban J connectivity index is 2.48. The van der Waals surface area contributed by atoms with Gasteiger partial charge in [0.1, 0.15) is 0 Å². The lowest BCUT2D eigenvalue weighted by Crippen LogP contribution is -2.25. The minimum atomic E-state index is -0.540. The van der Waals surface area contributed by atoms with Gasteiger partial charge in [-0.05, 0) is 18.1 Å². The van der Waals surface area contributed by atoms with Crippen LogP contribution in [0.1, 0.15) is 25.8 Å². The summed E-state index contributed by atoms with van der Waals surface area (Å²) in [7, 11) is 0. The van der Waals surface area contributed by atoms with Gasteiger partial charge in [0, 0.05) is 13.3 Å². The zero-order valence-corrected chi connectivity index (χ0v) is 9.90. The molecule has 0 atom stereocenters. The zero-order valence-electron chi connectivity index (χ0n) is 9.90. The smallest absolute Gasteiger partial charge is 0.329 e. The average molecular weight is 233 g/mol. The Morgan fingerprint density at radius 2 is 1.88 bits per heavy atom. The lowest BCUT2D eigenvalue weighted by Gasteiger charge is -2.03. The van der Waals surface area contributed by atoms with Crippen LogP contribution in [0.2, 0.25) is 0 Å². The van der Waals surface area contributed by atoms with Crippen LogP contribution < -0.4 is 5.48 Å². The number of rotatable bonds is 3. The minimum Gasteiger partial charge on any atom is -0.341 e. The number of amides is 1. The van der Waals surface area contributed by atoms with E-state index in [1.54, 1.807) is 6.08 Å². The number of benzene rings is 1. The van der Waals surface area contributed by atoms with E-state index < -0.39 is 5.97 Å². The van der Waals surface area contributed by atoms with Crippen molar-refractivity contribution in [2.45, 2.75) is 20.3 Å². The number of allylic oxidation sites excluding steroid dienone is 1. The summed E-state index contributed by atoms with van der Waals surface area (Å²) in [5.41, 5.74) is 4.12. The highest BCUT2D eigenvalue weighted by molar-refractivity contribution is 5.80. The highest BCUT2D eigenvalue weighted by Gasteiger charge is 2.01. The number of hydrogen-bond acceptors (Lipinski definition) is 3. The zero-order chi connectivity index (χ0) is 12.7. The lowest BCUT2D eigenvalue weighted by atomic mass is 10.1. The van der Waals surface area contributed by atoms with E-state index >= 15 is 0 Å². The predicted octanol–water partition coefficient (Wildman–Crippen LogP) is 2.07. The maximum absolute atomic E-state index is 11.3.